The predicted octanol–water partition coefficient (Wildman–Crippen LogP) is 1.74. The molecule has 11 heavy (non-hydrogen) atoms. The summed E-state index contributed by atoms with van der Waals surface area (Å²) in [6, 6.07) is 0.852. The van der Waals surface area contributed by atoms with E-state index in [1.54, 1.807) is 0 Å². The molecule has 1 aliphatic heterocycles. The summed E-state index contributed by atoms with van der Waals surface area (Å²) >= 11 is 2.10. The lowest BCUT2D eigenvalue weighted by Gasteiger charge is -2.42. The molecule has 64 valence electrons. The molecule has 1 saturated carbocycles. The van der Waals surface area contributed by atoms with Crippen molar-refractivity contribution in [1.82, 2.24) is 5.32 Å². The summed E-state index contributed by atoms with van der Waals surface area (Å²) in [5.74, 6) is 4.82. The Labute approximate surface area is 73.3 Å². The van der Waals surface area contributed by atoms with Crippen molar-refractivity contribution in [2.24, 2.45) is 11.8 Å². The smallest absolute Gasteiger partial charge is 0.0136 e. The molecule has 0 spiro atoms. The summed E-state index contributed by atoms with van der Waals surface area (Å²) in [4.78, 5) is 0. The summed E-state index contributed by atoms with van der Waals surface area (Å²) in [5.41, 5.74) is 0. The Kier molecular flexibility index (Phi) is 2.42. The first-order valence-corrected chi connectivity index (χ1v) is 5.82. The quantitative estimate of drug-likeness (QED) is 0.694. The molecule has 1 heterocycles. The highest BCUT2D eigenvalue weighted by Gasteiger charge is 2.35. The standard InChI is InChI=1S/C9H17NS/c1-10-9(7-3-2-4-7)8-5-11-6-8/h7-10H,2-6H2,1H3. The van der Waals surface area contributed by atoms with Gasteiger partial charge in [-0.15, -0.1) is 0 Å². The van der Waals surface area contributed by atoms with Gasteiger partial charge in [-0.1, -0.05) is 6.42 Å². The second-order valence-corrected chi connectivity index (χ2v) is 4.88. The van der Waals surface area contributed by atoms with Crippen molar-refractivity contribution < 1.29 is 0 Å². The van der Waals surface area contributed by atoms with Gasteiger partial charge >= 0.3 is 0 Å². The first kappa shape index (κ1) is 7.93. The molecule has 2 rings (SSSR count). The summed E-state index contributed by atoms with van der Waals surface area (Å²) in [6.07, 6.45) is 4.43. The van der Waals surface area contributed by atoms with Crippen LogP contribution in [0.25, 0.3) is 0 Å². The molecule has 1 nitrogen and oxygen atoms in total. The largest absolute Gasteiger partial charge is 0.316 e. The fourth-order valence-corrected chi connectivity index (χ4v) is 3.04. The van der Waals surface area contributed by atoms with E-state index in [0.717, 1.165) is 17.9 Å². The Balaban J connectivity index is 1.83. The highest BCUT2D eigenvalue weighted by molar-refractivity contribution is 8.00. The first-order valence-electron chi connectivity index (χ1n) is 4.67. The van der Waals surface area contributed by atoms with Gasteiger partial charge in [0.25, 0.3) is 0 Å². The lowest BCUT2D eigenvalue weighted by atomic mass is 9.75. The molecule has 1 saturated heterocycles. The van der Waals surface area contributed by atoms with E-state index in [2.05, 4.69) is 24.1 Å². The molecular formula is C9H17NS. The lowest BCUT2D eigenvalue weighted by Crippen LogP contribution is -2.47. The molecule has 2 aliphatic rings. The zero-order valence-electron chi connectivity index (χ0n) is 7.18. The van der Waals surface area contributed by atoms with Crippen LogP contribution in [0, 0.1) is 11.8 Å². The zero-order chi connectivity index (χ0) is 7.68. The van der Waals surface area contributed by atoms with E-state index >= 15 is 0 Å². The minimum absolute atomic E-state index is 0.852. The highest BCUT2D eigenvalue weighted by atomic mass is 32.2. The number of thioether (sulfide) groups is 1. The van der Waals surface area contributed by atoms with E-state index < -0.39 is 0 Å². The first-order chi connectivity index (χ1) is 5.42. The van der Waals surface area contributed by atoms with Crippen LogP contribution < -0.4 is 5.32 Å². The maximum Gasteiger partial charge on any atom is 0.0136 e. The Bertz CT molecular complexity index is 116. The van der Waals surface area contributed by atoms with Gasteiger partial charge in [-0.2, -0.15) is 11.8 Å². The zero-order valence-corrected chi connectivity index (χ0v) is 7.99. The minimum Gasteiger partial charge on any atom is -0.316 e. The number of hydrogen-bond acceptors (Lipinski definition) is 2. The van der Waals surface area contributed by atoms with Gasteiger partial charge in [-0.3, -0.25) is 0 Å². The van der Waals surface area contributed by atoms with Crippen molar-refractivity contribution in [3.63, 3.8) is 0 Å². The fourth-order valence-electron chi connectivity index (χ4n) is 2.12. The molecule has 1 N–H and O–H groups in total. The molecule has 0 amide bonds. The van der Waals surface area contributed by atoms with Crippen LogP contribution in [0.5, 0.6) is 0 Å². The van der Waals surface area contributed by atoms with Gasteiger partial charge in [0, 0.05) is 6.04 Å². The Morgan fingerprint density at radius 2 is 2.00 bits per heavy atom. The number of rotatable bonds is 3. The van der Waals surface area contributed by atoms with Crippen LogP contribution in [-0.4, -0.2) is 24.6 Å². The second kappa shape index (κ2) is 3.36. The highest BCUT2D eigenvalue weighted by Crippen LogP contribution is 2.38. The van der Waals surface area contributed by atoms with Gasteiger partial charge in [0.05, 0.1) is 0 Å². The van der Waals surface area contributed by atoms with Crippen LogP contribution in [0.15, 0.2) is 0 Å². The Hall–Kier alpha value is 0.310. The minimum atomic E-state index is 0.852. The van der Waals surface area contributed by atoms with Crippen LogP contribution in [-0.2, 0) is 0 Å². The van der Waals surface area contributed by atoms with Gasteiger partial charge in [-0.25, -0.2) is 0 Å². The Morgan fingerprint density at radius 3 is 2.27 bits per heavy atom. The van der Waals surface area contributed by atoms with E-state index in [4.69, 9.17) is 0 Å². The van der Waals surface area contributed by atoms with Crippen LogP contribution >= 0.6 is 11.8 Å². The van der Waals surface area contributed by atoms with Gasteiger partial charge in [-0.05, 0) is 43.2 Å². The second-order valence-electron chi connectivity index (χ2n) is 3.80. The average molecular weight is 171 g/mol. The van der Waals surface area contributed by atoms with Crippen LogP contribution in [0.2, 0.25) is 0 Å². The van der Waals surface area contributed by atoms with Crippen LogP contribution in [0.1, 0.15) is 19.3 Å². The van der Waals surface area contributed by atoms with Crippen molar-refractivity contribution in [3.05, 3.63) is 0 Å². The lowest BCUT2D eigenvalue weighted by molar-refractivity contribution is 0.196. The molecule has 1 atom stereocenters. The molecule has 0 aromatic rings. The summed E-state index contributed by atoms with van der Waals surface area (Å²) in [5, 5.41) is 3.49. The maximum atomic E-state index is 3.49. The summed E-state index contributed by atoms with van der Waals surface area (Å²) < 4.78 is 0. The molecule has 0 aromatic heterocycles. The molecule has 0 aromatic carbocycles. The van der Waals surface area contributed by atoms with Crippen molar-refractivity contribution in [1.29, 1.82) is 0 Å². The maximum absolute atomic E-state index is 3.49. The fraction of sp³-hybridized carbons (Fsp3) is 1.00. The number of nitrogens with one attached hydrogen (secondary N) is 1. The SMILES string of the molecule is CNC(C1CCC1)C1CSC1. The molecule has 0 bridgehead atoms. The average Bonchev–Trinajstić information content (AvgIpc) is 1.78. The normalized spacial score (nSPS) is 29.2. The molecule has 1 unspecified atom stereocenters. The molecule has 0 radical (unpaired) electrons. The summed E-state index contributed by atoms with van der Waals surface area (Å²) in [7, 11) is 2.13. The van der Waals surface area contributed by atoms with Gasteiger partial charge in [0.1, 0.15) is 0 Å². The van der Waals surface area contributed by atoms with Crippen molar-refractivity contribution in [2.75, 3.05) is 18.6 Å². The summed E-state index contributed by atoms with van der Waals surface area (Å²) in [6.45, 7) is 0. The molecular weight excluding hydrogens is 154 g/mol. The van der Waals surface area contributed by atoms with E-state index in [-0.39, 0.29) is 0 Å². The number of hydrogen-bond donors (Lipinski definition) is 1. The molecule has 2 heteroatoms. The van der Waals surface area contributed by atoms with E-state index in [9.17, 15) is 0 Å². The van der Waals surface area contributed by atoms with Gasteiger partial charge in [0.15, 0.2) is 0 Å². The van der Waals surface area contributed by atoms with Crippen LogP contribution in [0.4, 0.5) is 0 Å². The van der Waals surface area contributed by atoms with Crippen molar-refractivity contribution in [3.8, 4) is 0 Å². The predicted molar refractivity (Wildman–Crippen MR) is 51.0 cm³/mol. The van der Waals surface area contributed by atoms with Gasteiger partial charge < -0.3 is 5.32 Å². The third-order valence-corrected chi connectivity index (χ3v) is 4.49. The molecule has 2 fully saturated rings. The topological polar surface area (TPSA) is 12.0 Å². The van der Waals surface area contributed by atoms with Gasteiger partial charge in [0.2, 0.25) is 0 Å². The van der Waals surface area contributed by atoms with E-state index in [1.165, 1.54) is 30.8 Å². The van der Waals surface area contributed by atoms with Crippen molar-refractivity contribution in [2.45, 2.75) is 25.3 Å². The third-order valence-electron chi connectivity index (χ3n) is 3.16. The van der Waals surface area contributed by atoms with Crippen molar-refractivity contribution >= 4 is 11.8 Å². The monoisotopic (exact) mass is 171 g/mol. The van der Waals surface area contributed by atoms with Crippen LogP contribution in [0.3, 0.4) is 0 Å². The third kappa shape index (κ3) is 1.43. The Morgan fingerprint density at radius 1 is 1.27 bits per heavy atom. The van der Waals surface area contributed by atoms with E-state index in [0.29, 0.717) is 0 Å². The van der Waals surface area contributed by atoms with E-state index in [1.807, 2.05) is 0 Å². The molecule has 1 aliphatic carbocycles.